The summed E-state index contributed by atoms with van der Waals surface area (Å²) in [5.41, 5.74) is 0. The SMILES string of the molecule is COc1ccc(S(=O)(=O)NCC2CCn3ccnc3C2)c(Cl)c1Cl. The van der Waals surface area contributed by atoms with Crippen LogP contribution in [0.1, 0.15) is 12.2 Å². The Labute approximate surface area is 150 Å². The van der Waals surface area contributed by atoms with Gasteiger partial charge in [0.15, 0.2) is 0 Å². The molecular weight excluding hydrogens is 373 g/mol. The summed E-state index contributed by atoms with van der Waals surface area (Å²) in [5, 5.41) is 0.0458. The molecule has 1 unspecified atom stereocenters. The monoisotopic (exact) mass is 389 g/mol. The number of benzene rings is 1. The van der Waals surface area contributed by atoms with Gasteiger partial charge < -0.3 is 9.30 Å². The molecule has 0 saturated carbocycles. The molecule has 1 aliphatic heterocycles. The number of hydrogen-bond acceptors (Lipinski definition) is 4. The molecule has 2 heterocycles. The van der Waals surface area contributed by atoms with Crippen molar-refractivity contribution in [3.63, 3.8) is 0 Å². The standard InChI is InChI=1S/C15H17Cl2N3O3S/c1-23-11-2-3-12(15(17)14(11)16)24(21,22)19-9-10-4-6-20-7-5-18-13(20)8-10/h2-3,5,7,10,19H,4,6,8-9H2,1H3. The topological polar surface area (TPSA) is 73.2 Å². The average molecular weight is 390 g/mol. The fourth-order valence-electron chi connectivity index (χ4n) is 2.77. The summed E-state index contributed by atoms with van der Waals surface area (Å²) in [6.07, 6.45) is 5.34. The molecule has 3 rings (SSSR count). The van der Waals surface area contributed by atoms with Crippen LogP contribution in [0.5, 0.6) is 5.75 Å². The number of imidazole rings is 1. The number of nitrogens with zero attached hydrogens (tertiary/aromatic N) is 2. The van der Waals surface area contributed by atoms with E-state index >= 15 is 0 Å². The highest BCUT2D eigenvalue weighted by molar-refractivity contribution is 7.89. The number of sulfonamides is 1. The van der Waals surface area contributed by atoms with Crippen LogP contribution in [0, 0.1) is 5.92 Å². The first-order valence-electron chi connectivity index (χ1n) is 7.44. The molecule has 2 aromatic rings. The summed E-state index contributed by atoms with van der Waals surface area (Å²) in [4.78, 5) is 4.24. The van der Waals surface area contributed by atoms with Gasteiger partial charge in [-0.15, -0.1) is 0 Å². The lowest BCUT2D eigenvalue weighted by atomic mass is 9.98. The summed E-state index contributed by atoms with van der Waals surface area (Å²) in [7, 11) is -2.31. The van der Waals surface area contributed by atoms with E-state index in [1.165, 1.54) is 19.2 Å². The summed E-state index contributed by atoms with van der Waals surface area (Å²) in [6.45, 7) is 1.17. The van der Waals surface area contributed by atoms with Gasteiger partial charge in [0.05, 0.1) is 12.1 Å². The fourth-order valence-corrected chi connectivity index (χ4v) is 4.73. The van der Waals surface area contributed by atoms with Crippen molar-refractivity contribution in [3.05, 3.63) is 40.4 Å². The lowest BCUT2D eigenvalue weighted by Gasteiger charge is -2.23. The molecule has 1 aliphatic rings. The van der Waals surface area contributed by atoms with Crippen LogP contribution in [-0.2, 0) is 23.0 Å². The zero-order chi connectivity index (χ0) is 17.3. The number of halogens is 2. The minimum absolute atomic E-state index is 0.0392. The minimum Gasteiger partial charge on any atom is -0.495 e. The van der Waals surface area contributed by atoms with Crippen molar-refractivity contribution in [3.8, 4) is 5.75 Å². The molecular formula is C15H17Cl2N3O3S. The van der Waals surface area contributed by atoms with Crippen molar-refractivity contribution in [2.45, 2.75) is 24.3 Å². The quantitative estimate of drug-likeness (QED) is 0.852. The summed E-state index contributed by atoms with van der Waals surface area (Å²) in [6, 6.07) is 2.88. The van der Waals surface area contributed by atoms with Gasteiger partial charge in [-0.25, -0.2) is 18.1 Å². The van der Waals surface area contributed by atoms with Gasteiger partial charge in [0.25, 0.3) is 0 Å². The molecule has 0 spiro atoms. The predicted molar refractivity (Wildman–Crippen MR) is 92.2 cm³/mol. The normalized spacial score (nSPS) is 17.5. The third-order valence-electron chi connectivity index (χ3n) is 4.13. The third-order valence-corrected chi connectivity index (χ3v) is 6.58. The van der Waals surface area contributed by atoms with Gasteiger partial charge in [-0.3, -0.25) is 0 Å². The zero-order valence-corrected chi connectivity index (χ0v) is 15.3. The van der Waals surface area contributed by atoms with Crippen LogP contribution in [0.2, 0.25) is 10.0 Å². The maximum atomic E-state index is 12.5. The highest BCUT2D eigenvalue weighted by Crippen LogP contribution is 2.36. The first kappa shape index (κ1) is 17.5. The Bertz CT molecular complexity index is 852. The van der Waals surface area contributed by atoms with Gasteiger partial charge in [0, 0.05) is 31.9 Å². The smallest absolute Gasteiger partial charge is 0.242 e. The molecule has 6 nitrogen and oxygen atoms in total. The van der Waals surface area contributed by atoms with Gasteiger partial charge >= 0.3 is 0 Å². The first-order valence-corrected chi connectivity index (χ1v) is 9.68. The highest BCUT2D eigenvalue weighted by Gasteiger charge is 2.25. The van der Waals surface area contributed by atoms with E-state index in [4.69, 9.17) is 27.9 Å². The maximum absolute atomic E-state index is 12.5. The van der Waals surface area contributed by atoms with E-state index < -0.39 is 10.0 Å². The molecule has 0 fully saturated rings. The molecule has 24 heavy (non-hydrogen) atoms. The average Bonchev–Trinajstić information content (AvgIpc) is 3.03. The number of methoxy groups -OCH3 is 1. The van der Waals surface area contributed by atoms with E-state index in [1.807, 2.05) is 6.20 Å². The summed E-state index contributed by atoms with van der Waals surface area (Å²) < 4.78 is 34.8. The van der Waals surface area contributed by atoms with Crippen molar-refractivity contribution < 1.29 is 13.2 Å². The molecule has 0 radical (unpaired) electrons. The second-order valence-electron chi connectivity index (χ2n) is 5.64. The number of aromatic nitrogens is 2. The number of hydrogen-bond donors (Lipinski definition) is 1. The molecule has 1 atom stereocenters. The Hall–Kier alpha value is -1.28. The van der Waals surface area contributed by atoms with E-state index in [0.717, 1.165) is 25.2 Å². The lowest BCUT2D eigenvalue weighted by molar-refractivity contribution is 0.379. The van der Waals surface area contributed by atoms with Crippen LogP contribution in [0.3, 0.4) is 0 Å². The van der Waals surface area contributed by atoms with Crippen LogP contribution in [0.4, 0.5) is 0 Å². The summed E-state index contributed by atoms with van der Waals surface area (Å²) >= 11 is 12.1. The van der Waals surface area contributed by atoms with Crippen molar-refractivity contribution >= 4 is 33.2 Å². The number of aryl methyl sites for hydroxylation is 1. The van der Waals surface area contributed by atoms with Gasteiger partial charge in [0.2, 0.25) is 10.0 Å². The second-order valence-corrected chi connectivity index (χ2v) is 8.13. The highest BCUT2D eigenvalue weighted by atomic mass is 35.5. The Kier molecular flexibility index (Phi) is 5.05. The van der Waals surface area contributed by atoms with Gasteiger partial charge in [0.1, 0.15) is 21.5 Å². The van der Waals surface area contributed by atoms with Gasteiger partial charge in [-0.05, 0) is 24.5 Å². The van der Waals surface area contributed by atoms with Crippen LogP contribution in [0.15, 0.2) is 29.4 Å². The number of rotatable bonds is 5. The molecule has 0 bridgehead atoms. The zero-order valence-electron chi connectivity index (χ0n) is 13.0. The molecule has 1 aromatic carbocycles. The van der Waals surface area contributed by atoms with Gasteiger partial charge in [-0.1, -0.05) is 23.2 Å². The minimum atomic E-state index is -3.75. The van der Waals surface area contributed by atoms with E-state index in [0.29, 0.717) is 12.3 Å². The Morgan fingerprint density at radius 2 is 2.17 bits per heavy atom. The lowest BCUT2D eigenvalue weighted by Crippen LogP contribution is -2.33. The molecule has 1 N–H and O–H groups in total. The molecule has 130 valence electrons. The second kappa shape index (κ2) is 6.92. The van der Waals surface area contributed by atoms with Crippen molar-refractivity contribution in [1.82, 2.24) is 14.3 Å². The molecule has 9 heteroatoms. The van der Waals surface area contributed by atoms with E-state index in [9.17, 15) is 8.42 Å². The van der Waals surface area contributed by atoms with Crippen LogP contribution >= 0.6 is 23.2 Å². The molecule has 0 saturated heterocycles. The van der Waals surface area contributed by atoms with Crippen LogP contribution in [0.25, 0.3) is 0 Å². The van der Waals surface area contributed by atoms with Crippen molar-refractivity contribution in [2.75, 3.05) is 13.7 Å². The largest absolute Gasteiger partial charge is 0.495 e. The first-order chi connectivity index (χ1) is 11.4. The molecule has 1 aromatic heterocycles. The predicted octanol–water partition coefficient (Wildman–Crippen LogP) is 2.74. The van der Waals surface area contributed by atoms with E-state index in [2.05, 4.69) is 14.3 Å². The van der Waals surface area contributed by atoms with Gasteiger partial charge in [-0.2, -0.15) is 0 Å². The fraction of sp³-hybridized carbons (Fsp3) is 0.400. The molecule has 0 aliphatic carbocycles. The Morgan fingerprint density at radius 1 is 1.38 bits per heavy atom. The van der Waals surface area contributed by atoms with Crippen LogP contribution in [-0.4, -0.2) is 31.6 Å². The summed E-state index contributed by atoms with van der Waals surface area (Å²) in [5.74, 6) is 1.51. The Morgan fingerprint density at radius 3 is 2.92 bits per heavy atom. The maximum Gasteiger partial charge on any atom is 0.242 e. The van der Waals surface area contributed by atoms with Crippen LogP contribution < -0.4 is 9.46 Å². The van der Waals surface area contributed by atoms with Crippen molar-refractivity contribution in [2.24, 2.45) is 5.92 Å². The third kappa shape index (κ3) is 3.39. The number of nitrogens with one attached hydrogen (secondary N) is 1. The number of ether oxygens (including phenoxy) is 1. The number of fused-ring (bicyclic) bond motifs is 1. The van der Waals surface area contributed by atoms with E-state index in [1.54, 1.807) is 6.20 Å². The van der Waals surface area contributed by atoms with E-state index in [-0.39, 0.29) is 20.9 Å². The Balaban J connectivity index is 1.72. The van der Waals surface area contributed by atoms with Crippen molar-refractivity contribution in [1.29, 1.82) is 0 Å². The molecule has 0 amide bonds.